The molecular weight excluding hydrogens is 254 g/mol. The Morgan fingerprint density at radius 2 is 2.18 bits per heavy atom. The van der Waals surface area contributed by atoms with Gasteiger partial charge in [-0.1, -0.05) is 11.6 Å². The maximum absolute atomic E-state index is 6.10. The Kier molecular flexibility index (Phi) is 2.34. The number of aromatic nitrogens is 2. The van der Waals surface area contributed by atoms with Gasteiger partial charge in [0.25, 0.3) is 0 Å². The minimum absolute atomic E-state index is 0.610. The summed E-state index contributed by atoms with van der Waals surface area (Å²) < 4.78 is 1.81. The third-order valence-corrected chi connectivity index (χ3v) is 3.92. The Bertz CT molecular complexity index is 699. The molecule has 0 saturated heterocycles. The maximum atomic E-state index is 6.10. The Labute approximate surface area is 107 Å². The highest BCUT2D eigenvalue weighted by Crippen LogP contribution is 2.33. The summed E-state index contributed by atoms with van der Waals surface area (Å²) >= 11 is 7.78. The predicted octanol–water partition coefficient (Wildman–Crippen LogP) is 3.61. The zero-order valence-electron chi connectivity index (χ0n) is 9.14. The number of nitrogens with two attached hydrogens (primary N) is 1. The molecule has 0 radical (unpaired) electrons. The van der Waals surface area contributed by atoms with Crippen molar-refractivity contribution >= 4 is 34.4 Å². The van der Waals surface area contributed by atoms with Crippen LogP contribution in [0.25, 0.3) is 16.2 Å². The van der Waals surface area contributed by atoms with Crippen molar-refractivity contribution in [1.29, 1.82) is 0 Å². The molecule has 0 aliphatic heterocycles. The molecule has 3 heterocycles. The zero-order valence-corrected chi connectivity index (χ0v) is 10.7. The quantitative estimate of drug-likeness (QED) is 0.729. The van der Waals surface area contributed by atoms with Crippen molar-refractivity contribution in [2.45, 2.75) is 6.92 Å². The van der Waals surface area contributed by atoms with E-state index in [0.29, 0.717) is 16.5 Å². The minimum atomic E-state index is 0.610. The van der Waals surface area contributed by atoms with Gasteiger partial charge in [0.1, 0.15) is 11.5 Å². The van der Waals surface area contributed by atoms with E-state index in [2.05, 4.69) is 18.0 Å². The number of fused-ring (bicyclic) bond motifs is 1. The fraction of sp³-hybridized carbons (Fsp3) is 0.0833. The predicted molar refractivity (Wildman–Crippen MR) is 72.7 cm³/mol. The van der Waals surface area contributed by atoms with E-state index in [-0.39, 0.29) is 0 Å². The molecule has 5 heteroatoms. The summed E-state index contributed by atoms with van der Waals surface area (Å²) in [5.41, 5.74) is 7.60. The number of thiophene rings is 1. The van der Waals surface area contributed by atoms with E-state index in [1.54, 1.807) is 11.3 Å². The number of halogens is 1. The van der Waals surface area contributed by atoms with Crippen LogP contribution in [0, 0.1) is 6.92 Å². The highest BCUT2D eigenvalue weighted by atomic mass is 35.5. The summed E-state index contributed by atoms with van der Waals surface area (Å²) in [4.78, 5) is 6.82. The lowest BCUT2D eigenvalue weighted by Crippen LogP contribution is -1.93. The number of nitrogen functional groups attached to an aromatic ring is 1. The molecule has 0 amide bonds. The Balaban J connectivity index is 2.31. The zero-order chi connectivity index (χ0) is 12.0. The second-order valence-corrected chi connectivity index (χ2v) is 5.50. The third kappa shape index (κ3) is 1.61. The molecule has 0 aliphatic rings. The van der Waals surface area contributed by atoms with Crippen molar-refractivity contribution in [3.8, 4) is 10.6 Å². The van der Waals surface area contributed by atoms with E-state index in [1.807, 2.05) is 28.8 Å². The van der Waals surface area contributed by atoms with Crippen LogP contribution in [0.15, 0.2) is 30.5 Å². The van der Waals surface area contributed by atoms with Crippen molar-refractivity contribution in [3.63, 3.8) is 0 Å². The molecule has 0 atom stereocenters. The molecule has 17 heavy (non-hydrogen) atoms. The minimum Gasteiger partial charge on any atom is -0.383 e. The monoisotopic (exact) mass is 263 g/mol. The number of hydrogen-bond acceptors (Lipinski definition) is 3. The van der Waals surface area contributed by atoms with Crippen molar-refractivity contribution in [2.75, 3.05) is 5.73 Å². The molecule has 0 aliphatic carbocycles. The van der Waals surface area contributed by atoms with E-state index in [4.69, 9.17) is 17.3 Å². The van der Waals surface area contributed by atoms with Gasteiger partial charge in [0.15, 0.2) is 5.65 Å². The maximum Gasteiger partial charge on any atom is 0.158 e. The summed E-state index contributed by atoms with van der Waals surface area (Å²) in [5.74, 6) is 0.629. The van der Waals surface area contributed by atoms with Gasteiger partial charge in [-0.05, 0) is 31.2 Å². The van der Waals surface area contributed by atoms with Gasteiger partial charge in [0.2, 0.25) is 0 Å². The van der Waals surface area contributed by atoms with Gasteiger partial charge in [-0.2, -0.15) is 0 Å². The average Bonchev–Trinajstić information content (AvgIpc) is 2.85. The van der Waals surface area contributed by atoms with Gasteiger partial charge in [0.05, 0.1) is 9.90 Å². The van der Waals surface area contributed by atoms with E-state index < -0.39 is 0 Å². The van der Waals surface area contributed by atoms with Crippen LogP contribution in [0.5, 0.6) is 0 Å². The van der Waals surface area contributed by atoms with Gasteiger partial charge in [-0.25, -0.2) is 4.98 Å². The molecule has 86 valence electrons. The second kappa shape index (κ2) is 3.75. The number of hydrogen-bond donors (Lipinski definition) is 1. The number of pyridine rings is 1. The molecule has 0 bridgehead atoms. The first-order valence-corrected chi connectivity index (χ1v) is 6.35. The Morgan fingerprint density at radius 3 is 2.82 bits per heavy atom. The summed E-state index contributed by atoms with van der Waals surface area (Å²) in [7, 11) is 0. The third-order valence-electron chi connectivity index (χ3n) is 2.61. The van der Waals surface area contributed by atoms with Crippen molar-refractivity contribution in [2.24, 2.45) is 0 Å². The van der Waals surface area contributed by atoms with Crippen LogP contribution >= 0.6 is 22.9 Å². The lowest BCUT2D eigenvalue weighted by atomic mass is 10.3. The van der Waals surface area contributed by atoms with E-state index in [9.17, 15) is 0 Å². The number of nitrogens with zero attached hydrogens (tertiary/aromatic N) is 2. The molecule has 0 spiro atoms. The highest BCUT2D eigenvalue weighted by Gasteiger charge is 2.14. The molecule has 3 aromatic rings. The summed E-state index contributed by atoms with van der Waals surface area (Å²) in [5, 5.41) is 0.610. The Morgan fingerprint density at radius 1 is 1.35 bits per heavy atom. The van der Waals surface area contributed by atoms with Gasteiger partial charge >= 0.3 is 0 Å². The van der Waals surface area contributed by atoms with Crippen molar-refractivity contribution in [3.05, 3.63) is 40.4 Å². The lowest BCUT2D eigenvalue weighted by Gasteiger charge is -1.96. The van der Waals surface area contributed by atoms with Crippen molar-refractivity contribution < 1.29 is 0 Å². The van der Waals surface area contributed by atoms with Gasteiger partial charge in [-0.15, -0.1) is 11.3 Å². The lowest BCUT2D eigenvalue weighted by molar-refractivity contribution is 1.20. The summed E-state index contributed by atoms with van der Waals surface area (Å²) in [6.07, 6.45) is 1.87. The Hall–Kier alpha value is -1.52. The summed E-state index contributed by atoms with van der Waals surface area (Å²) in [6.45, 7) is 2.06. The van der Waals surface area contributed by atoms with Gasteiger partial charge in [-0.3, -0.25) is 4.40 Å². The molecular formula is C12H10ClN3S. The number of imidazole rings is 1. The first-order chi connectivity index (χ1) is 8.16. The van der Waals surface area contributed by atoms with Crippen LogP contribution in [0.1, 0.15) is 4.88 Å². The van der Waals surface area contributed by atoms with E-state index in [1.165, 1.54) is 4.88 Å². The fourth-order valence-electron chi connectivity index (χ4n) is 1.80. The molecule has 3 aromatic heterocycles. The smallest absolute Gasteiger partial charge is 0.158 e. The number of aryl methyl sites for hydroxylation is 1. The number of anilines is 1. The standard InChI is InChI=1S/C12H10ClN3S/c1-7-4-5-9(17-7)10-11(14)16-6-2-3-8(13)12(16)15-10/h2-6H,14H2,1H3. The fourth-order valence-corrected chi connectivity index (χ4v) is 2.87. The van der Waals surface area contributed by atoms with Crippen LogP contribution in [0.3, 0.4) is 0 Å². The van der Waals surface area contributed by atoms with Gasteiger partial charge in [0, 0.05) is 11.1 Å². The first kappa shape index (κ1) is 10.6. The SMILES string of the molecule is Cc1ccc(-c2nc3c(Cl)cccn3c2N)s1. The molecule has 2 N–H and O–H groups in total. The molecule has 0 aromatic carbocycles. The second-order valence-electron chi connectivity index (χ2n) is 3.81. The van der Waals surface area contributed by atoms with E-state index in [0.717, 1.165) is 10.6 Å². The van der Waals surface area contributed by atoms with Gasteiger partial charge < -0.3 is 5.73 Å². The molecule has 3 rings (SSSR count). The highest BCUT2D eigenvalue weighted by molar-refractivity contribution is 7.15. The number of rotatable bonds is 1. The van der Waals surface area contributed by atoms with Crippen LogP contribution in [0.4, 0.5) is 5.82 Å². The van der Waals surface area contributed by atoms with Crippen LogP contribution in [-0.2, 0) is 0 Å². The normalized spacial score (nSPS) is 11.2. The average molecular weight is 264 g/mol. The van der Waals surface area contributed by atoms with E-state index >= 15 is 0 Å². The van der Waals surface area contributed by atoms with Crippen LogP contribution in [0.2, 0.25) is 5.02 Å². The molecule has 3 nitrogen and oxygen atoms in total. The molecule has 0 saturated carbocycles. The van der Waals surface area contributed by atoms with Crippen LogP contribution in [-0.4, -0.2) is 9.38 Å². The van der Waals surface area contributed by atoms with Crippen LogP contribution < -0.4 is 5.73 Å². The van der Waals surface area contributed by atoms with Crippen molar-refractivity contribution in [1.82, 2.24) is 9.38 Å². The summed E-state index contributed by atoms with van der Waals surface area (Å²) in [6, 6.07) is 7.76. The topological polar surface area (TPSA) is 43.3 Å². The molecule has 0 unspecified atom stereocenters. The largest absolute Gasteiger partial charge is 0.383 e. The first-order valence-electron chi connectivity index (χ1n) is 5.15. The molecule has 0 fully saturated rings.